The molecule has 9 heteroatoms. The van der Waals surface area contributed by atoms with E-state index < -0.39 is 0 Å². The number of carbonyl (C=O) groups excluding carboxylic acids is 1. The lowest BCUT2D eigenvalue weighted by atomic mass is 10.3. The quantitative estimate of drug-likeness (QED) is 0.176. The van der Waals surface area contributed by atoms with Crippen molar-refractivity contribution in [3.63, 3.8) is 0 Å². The lowest BCUT2D eigenvalue weighted by Crippen LogP contribution is -2.34. The van der Waals surface area contributed by atoms with Gasteiger partial charge in [-0.2, -0.15) is 0 Å². The van der Waals surface area contributed by atoms with E-state index in [1.54, 1.807) is 25.3 Å². The maximum absolute atomic E-state index is 11.8. The van der Waals surface area contributed by atoms with Crippen LogP contribution in [0.1, 0.15) is 32.4 Å². The molecule has 8 nitrogen and oxygen atoms in total. The van der Waals surface area contributed by atoms with Gasteiger partial charge in [0.1, 0.15) is 18.1 Å². The van der Waals surface area contributed by atoms with Crippen LogP contribution in [0.4, 0.5) is 5.69 Å². The summed E-state index contributed by atoms with van der Waals surface area (Å²) in [7, 11) is 3.50. The van der Waals surface area contributed by atoms with Crippen molar-refractivity contribution in [3.05, 3.63) is 48.4 Å². The van der Waals surface area contributed by atoms with Gasteiger partial charge >= 0.3 is 0 Å². The fraction of sp³-hybridized carbons (Fsp3) is 0.478. The van der Waals surface area contributed by atoms with Crippen molar-refractivity contribution in [1.29, 1.82) is 0 Å². The van der Waals surface area contributed by atoms with Crippen molar-refractivity contribution < 1.29 is 18.7 Å². The Labute approximate surface area is 207 Å². The van der Waals surface area contributed by atoms with Crippen molar-refractivity contribution in [2.24, 2.45) is 4.99 Å². The highest BCUT2D eigenvalue weighted by Gasteiger charge is 2.06. The van der Waals surface area contributed by atoms with Crippen LogP contribution in [-0.2, 0) is 16.1 Å². The van der Waals surface area contributed by atoms with Gasteiger partial charge in [-0.25, -0.2) is 0 Å². The first-order valence-electron chi connectivity index (χ1n) is 10.6. The molecular formula is C23H35IN4O4. The minimum atomic E-state index is 0. The molecule has 0 fully saturated rings. The van der Waals surface area contributed by atoms with Gasteiger partial charge in [0.15, 0.2) is 5.96 Å². The lowest BCUT2D eigenvalue weighted by Gasteiger charge is -2.15. The van der Waals surface area contributed by atoms with E-state index in [1.165, 1.54) is 0 Å². The number of hydrogen-bond acceptors (Lipinski definition) is 5. The van der Waals surface area contributed by atoms with Crippen LogP contribution in [0.25, 0.3) is 0 Å². The van der Waals surface area contributed by atoms with Crippen molar-refractivity contribution in [1.82, 2.24) is 10.2 Å². The molecule has 1 amide bonds. The summed E-state index contributed by atoms with van der Waals surface area (Å²) in [5.41, 5.74) is 0.885. The summed E-state index contributed by atoms with van der Waals surface area (Å²) in [6.45, 7) is 6.10. The lowest BCUT2D eigenvalue weighted by molar-refractivity contribution is -0.128. The highest BCUT2D eigenvalue weighted by Crippen LogP contribution is 2.16. The van der Waals surface area contributed by atoms with Gasteiger partial charge in [0.2, 0.25) is 5.91 Å². The Kier molecular flexibility index (Phi) is 13.5. The molecule has 2 N–H and O–H groups in total. The third-order valence-electron chi connectivity index (χ3n) is 4.16. The second-order valence-corrected chi connectivity index (χ2v) is 7.50. The highest BCUT2D eigenvalue weighted by molar-refractivity contribution is 14.0. The van der Waals surface area contributed by atoms with Gasteiger partial charge in [0.05, 0.1) is 12.4 Å². The summed E-state index contributed by atoms with van der Waals surface area (Å²) >= 11 is 0. The van der Waals surface area contributed by atoms with E-state index >= 15 is 0 Å². The van der Waals surface area contributed by atoms with Crippen LogP contribution in [-0.4, -0.2) is 56.7 Å². The number of guanidine groups is 1. The molecule has 32 heavy (non-hydrogen) atoms. The molecule has 0 aliphatic heterocycles. The normalized spacial score (nSPS) is 11.1. The van der Waals surface area contributed by atoms with Crippen LogP contribution in [0, 0.1) is 0 Å². The van der Waals surface area contributed by atoms with Crippen LogP contribution >= 0.6 is 24.0 Å². The Morgan fingerprint density at radius 2 is 1.94 bits per heavy atom. The number of amides is 1. The van der Waals surface area contributed by atoms with Gasteiger partial charge in [0.25, 0.3) is 0 Å². The van der Waals surface area contributed by atoms with Crippen LogP contribution in [0.15, 0.2) is 52.1 Å². The maximum atomic E-state index is 11.8. The molecule has 0 saturated heterocycles. The largest absolute Gasteiger partial charge is 0.491 e. The molecule has 2 aromatic rings. The molecule has 0 radical (unpaired) electrons. The third-order valence-corrected chi connectivity index (χ3v) is 4.16. The number of aliphatic imine (C=N–C) groups is 1. The SMILES string of the molecule is CC(C)Oc1ccc(NC(=NCCCOCc2ccco2)NCCC(=O)N(C)C)cc1.I. The average molecular weight is 558 g/mol. The standard InChI is InChI=1S/C23H34N4O4.HI/c1-18(2)31-20-10-8-19(9-11-20)26-23(25-14-12-22(28)27(3)4)24-13-6-15-29-17-21-7-5-16-30-21;/h5,7-11,16,18H,6,12-15,17H2,1-4H3,(H2,24,25,26);1H. The average Bonchev–Trinajstić information content (AvgIpc) is 3.24. The molecule has 0 aliphatic rings. The third kappa shape index (κ3) is 11.4. The minimum Gasteiger partial charge on any atom is -0.491 e. The van der Waals surface area contributed by atoms with Crippen molar-refractivity contribution in [3.8, 4) is 5.75 Å². The molecule has 0 spiro atoms. The summed E-state index contributed by atoms with van der Waals surface area (Å²) in [5, 5.41) is 6.50. The molecule has 0 aliphatic carbocycles. The van der Waals surface area contributed by atoms with Crippen LogP contribution in [0.2, 0.25) is 0 Å². The Hall–Kier alpha value is -2.27. The number of hydrogen-bond donors (Lipinski definition) is 2. The molecular weight excluding hydrogens is 523 g/mol. The maximum Gasteiger partial charge on any atom is 0.223 e. The number of ether oxygens (including phenoxy) is 2. The highest BCUT2D eigenvalue weighted by atomic mass is 127. The Morgan fingerprint density at radius 1 is 1.19 bits per heavy atom. The van der Waals surface area contributed by atoms with E-state index in [9.17, 15) is 4.79 Å². The number of nitrogens with one attached hydrogen (secondary N) is 2. The van der Waals surface area contributed by atoms with E-state index in [4.69, 9.17) is 13.9 Å². The summed E-state index contributed by atoms with van der Waals surface area (Å²) < 4.78 is 16.5. The van der Waals surface area contributed by atoms with E-state index in [2.05, 4.69) is 15.6 Å². The van der Waals surface area contributed by atoms with Gasteiger partial charge in [0, 0.05) is 45.9 Å². The summed E-state index contributed by atoms with van der Waals surface area (Å²) in [6.07, 6.45) is 2.92. The van der Waals surface area contributed by atoms with E-state index in [-0.39, 0.29) is 36.0 Å². The number of rotatable bonds is 12. The predicted molar refractivity (Wildman–Crippen MR) is 138 cm³/mol. The second-order valence-electron chi connectivity index (χ2n) is 7.50. The second kappa shape index (κ2) is 15.5. The smallest absolute Gasteiger partial charge is 0.223 e. The minimum absolute atomic E-state index is 0. The molecule has 0 bridgehead atoms. The van der Waals surface area contributed by atoms with E-state index in [0.29, 0.717) is 38.7 Å². The van der Waals surface area contributed by atoms with Crippen LogP contribution in [0.3, 0.4) is 0 Å². The molecule has 2 rings (SSSR count). The first-order chi connectivity index (χ1) is 14.9. The topological polar surface area (TPSA) is 88.3 Å². The first kappa shape index (κ1) is 27.8. The molecule has 1 aromatic heterocycles. The van der Waals surface area contributed by atoms with Gasteiger partial charge in [-0.3, -0.25) is 9.79 Å². The number of anilines is 1. The number of halogens is 1. The van der Waals surface area contributed by atoms with E-state index in [0.717, 1.165) is 23.6 Å². The van der Waals surface area contributed by atoms with Gasteiger partial charge in [-0.1, -0.05) is 0 Å². The molecule has 1 aromatic carbocycles. The summed E-state index contributed by atoms with van der Waals surface area (Å²) in [4.78, 5) is 18.0. The van der Waals surface area contributed by atoms with Crippen molar-refractivity contribution in [2.75, 3.05) is 39.1 Å². The number of nitrogens with zero attached hydrogens (tertiary/aromatic N) is 2. The predicted octanol–water partition coefficient (Wildman–Crippen LogP) is 4.13. The zero-order chi connectivity index (χ0) is 22.5. The summed E-state index contributed by atoms with van der Waals surface area (Å²) in [5.74, 6) is 2.31. The molecule has 178 valence electrons. The van der Waals surface area contributed by atoms with Crippen LogP contribution in [0.5, 0.6) is 5.75 Å². The number of benzene rings is 1. The van der Waals surface area contributed by atoms with Gasteiger partial charge < -0.3 is 29.4 Å². The molecule has 0 unspecified atom stereocenters. The number of carbonyl (C=O) groups is 1. The number of furan rings is 1. The molecule has 0 atom stereocenters. The Balaban J connectivity index is 0.00000512. The van der Waals surface area contributed by atoms with E-state index in [1.807, 2.05) is 50.2 Å². The van der Waals surface area contributed by atoms with Gasteiger partial charge in [-0.05, 0) is 56.7 Å². The fourth-order valence-corrected chi connectivity index (χ4v) is 2.60. The van der Waals surface area contributed by atoms with Gasteiger partial charge in [-0.15, -0.1) is 24.0 Å². The summed E-state index contributed by atoms with van der Waals surface area (Å²) in [6, 6.07) is 11.4. The monoisotopic (exact) mass is 558 g/mol. The molecule has 0 saturated carbocycles. The Bertz CT molecular complexity index is 793. The fourth-order valence-electron chi connectivity index (χ4n) is 2.60. The van der Waals surface area contributed by atoms with Crippen molar-refractivity contribution >= 4 is 41.5 Å². The first-order valence-corrected chi connectivity index (χ1v) is 10.6. The van der Waals surface area contributed by atoms with Crippen molar-refractivity contribution in [2.45, 2.75) is 39.4 Å². The zero-order valence-electron chi connectivity index (χ0n) is 19.3. The van der Waals surface area contributed by atoms with Crippen LogP contribution < -0.4 is 15.4 Å². The zero-order valence-corrected chi connectivity index (χ0v) is 21.6. The Morgan fingerprint density at radius 3 is 2.56 bits per heavy atom. The molecule has 1 heterocycles.